The Morgan fingerprint density at radius 3 is 2.52 bits per heavy atom. The topological polar surface area (TPSA) is 39.7 Å². The molecule has 0 amide bonds. The number of hydrogen-bond donors (Lipinski definition) is 2. The molecule has 2 aliphatic rings. The standard InChI is InChI=1S/C17H32N4/c1-14(2)13-21-11-8-16(9-12-21)20-17(18-3)19-10-4-5-15-6-7-15/h15-16H,1,4-13H2,2-3H3,(H2,18,19,20). The van der Waals surface area contributed by atoms with Gasteiger partial charge in [-0.15, -0.1) is 0 Å². The van der Waals surface area contributed by atoms with Gasteiger partial charge in [0.2, 0.25) is 0 Å². The van der Waals surface area contributed by atoms with Crippen LogP contribution < -0.4 is 10.6 Å². The summed E-state index contributed by atoms with van der Waals surface area (Å²) in [6, 6.07) is 0.556. The first kappa shape index (κ1) is 16.3. The van der Waals surface area contributed by atoms with Crippen LogP contribution in [0.25, 0.3) is 0 Å². The molecule has 0 atom stereocenters. The predicted molar refractivity (Wildman–Crippen MR) is 90.7 cm³/mol. The fourth-order valence-electron chi connectivity index (χ4n) is 3.01. The monoisotopic (exact) mass is 292 g/mol. The summed E-state index contributed by atoms with van der Waals surface area (Å²) in [5.74, 6) is 2.00. The van der Waals surface area contributed by atoms with Gasteiger partial charge in [-0.05, 0) is 38.5 Å². The number of rotatable bonds is 7. The van der Waals surface area contributed by atoms with Crippen molar-refractivity contribution in [1.82, 2.24) is 15.5 Å². The Labute approximate surface area is 130 Å². The first-order valence-electron chi connectivity index (χ1n) is 8.51. The quantitative estimate of drug-likeness (QED) is 0.327. The first-order chi connectivity index (χ1) is 10.2. The summed E-state index contributed by atoms with van der Waals surface area (Å²) in [6.07, 6.45) is 7.93. The highest BCUT2D eigenvalue weighted by Crippen LogP contribution is 2.33. The molecule has 1 heterocycles. The maximum atomic E-state index is 4.35. The molecule has 2 fully saturated rings. The van der Waals surface area contributed by atoms with Crippen molar-refractivity contribution in [2.24, 2.45) is 10.9 Å². The van der Waals surface area contributed by atoms with E-state index in [4.69, 9.17) is 0 Å². The molecule has 1 aliphatic carbocycles. The zero-order valence-corrected chi connectivity index (χ0v) is 13.8. The second-order valence-corrected chi connectivity index (χ2v) is 6.74. The maximum Gasteiger partial charge on any atom is 0.191 e. The highest BCUT2D eigenvalue weighted by molar-refractivity contribution is 5.79. The molecule has 0 bridgehead atoms. The Hall–Kier alpha value is -1.03. The van der Waals surface area contributed by atoms with Gasteiger partial charge in [0.05, 0.1) is 0 Å². The van der Waals surface area contributed by atoms with Gasteiger partial charge < -0.3 is 10.6 Å². The maximum absolute atomic E-state index is 4.35. The molecule has 0 aromatic carbocycles. The van der Waals surface area contributed by atoms with Crippen LogP contribution in [-0.4, -0.2) is 50.1 Å². The molecule has 4 nitrogen and oxygen atoms in total. The van der Waals surface area contributed by atoms with Gasteiger partial charge in [0.15, 0.2) is 5.96 Å². The summed E-state index contributed by atoms with van der Waals surface area (Å²) in [7, 11) is 1.87. The fraction of sp³-hybridized carbons (Fsp3) is 0.824. The average Bonchev–Trinajstić information content (AvgIpc) is 3.27. The van der Waals surface area contributed by atoms with Crippen LogP contribution in [0.5, 0.6) is 0 Å². The number of nitrogens with zero attached hydrogens (tertiary/aromatic N) is 2. The molecule has 21 heavy (non-hydrogen) atoms. The average molecular weight is 292 g/mol. The van der Waals surface area contributed by atoms with E-state index in [1.807, 2.05) is 7.05 Å². The number of nitrogens with one attached hydrogen (secondary N) is 2. The lowest BCUT2D eigenvalue weighted by atomic mass is 10.0. The highest BCUT2D eigenvalue weighted by Gasteiger charge is 2.21. The summed E-state index contributed by atoms with van der Waals surface area (Å²) in [6.45, 7) is 10.5. The second kappa shape index (κ2) is 8.42. The van der Waals surface area contributed by atoms with Gasteiger partial charge in [-0.2, -0.15) is 0 Å². The van der Waals surface area contributed by atoms with Crippen molar-refractivity contribution in [3.63, 3.8) is 0 Å². The van der Waals surface area contributed by atoms with Crippen molar-refractivity contribution in [2.45, 2.75) is 51.5 Å². The van der Waals surface area contributed by atoms with Crippen LogP contribution in [0.3, 0.4) is 0 Å². The SMILES string of the molecule is C=C(C)CN1CCC(NC(=NC)NCCCC2CC2)CC1. The molecule has 1 aliphatic heterocycles. The molecule has 120 valence electrons. The predicted octanol–water partition coefficient (Wildman–Crippen LogP) is 2.38. The molecule has 4 heteroatoms. The molecular formula is C17H32N4. The highest BCUT2D eigenvalue weighted by atomic mass is 15.2. The van der Waals surface area contributed by atoms with Crippen molar-refractivity contribution in [1.29, 1.82) is 0 Å². The van der Waals surface area contributed by atoms with E-state index in [2.05, 4.69) is 34.0 Å². The van der Waals surface area contributed by atoms with E-state index in [9.17, 15) is 0 Å². The normalized spacial score (nSPS) is 21.3. The molecule has 2 N–H and O–H groups in total. The number of aliphatic imine (C=N–C) groups is 1. The molecule has 0 radical (unpaired) electrons. The molecule has 2 rings (SSSR count). The van der Waals surface area contributed by atoms with Gasteiger partial charge in [-0.1, -0.05) is 25.0 Å². The number of guanidine groups is 1. The van der Waals surface area contributed by atoms with Gasteiger partial charge in [0.1, 0.15) is 0 Å². The Balaban J connectivity index is 1.59. The smallest absolute Gasteiger partial charge is 0.191 e. The lowest BCUT2D eigenvalue weighted by molar-refractivity contribution is 0.221. The van der Waals surface area contributed by atoms with Crippen LogP contribution in [0.2, 0.25) is 0 Å². The zero-order chi connectivity index (χ0) is 15.1. The lowest BCUT2D eigenvalue weighted by Gasteiger charge is -2.33. The van der Waals surface area contributed by atoms with Crippen LogP contribution in [0.1, 0.15) is 45.4 Å². The molecule has 0 unspecified atom stereocenters. The van der Waals surface area contributed by atoms with Gasteiger partial charge in [0, 0.05) is 39.3 Å². The minimum absolute atomic E-state index is 0.556. The van der Waals surface area contributed by atoms with Gasteiger partial charge in [-0.25, -0.2) is 0 Å². The van der Waals surface area contributed by atoms with Crippen LogP contribution in [0.4, 0.5) is 0 Å². The Kier molecular flexibility index (Phi) is 6.55. The second-order valence-electron chi connectivity index (χ2n) is 6.74. The molecular weight excluding hydrogens is 260 g/mol. The summed E-state index contributed by atoms with van der Waals surface area (Å²) in [5.41, 5.74) is 1.26. The van der Waals surface area contributed by atoms with Crippen LogP contribution in [0, 0.1) is 5.92 Å². The van der Waals surface area contributed by atoms with Crippen molar-refractivity contribution in [3.8, 4) is 0 Å². The van der Waals surface area contributed by atoms with Gasteiger partial charge in [0.25, 0.3) is 0 Å². The third kappa shape index (κ3) is 6.51. The zero-order valence-electron chi connectivity index (χ0n) is 13.8. The fourth-order valence-corrected chi connectivity index (χ4v) is 3.01. The van der Waals surface area contributed by atoms with E-state index in [1.165, 1.54) is 44.1 Å². The molecule has 0 aromatic rings. The van der Waals surface area contributed by atoms with E-state index < -0.39 is 0 Å². The largest absolute Gasteiger partial charge is 0.356 e. The Morgan fingerprint density at radius 1 is 1.24 bits per heavy atom. The molecule has 1 saturated carbocycles. The van der Waals surface area contributed by atoms with Crippen LogP contribution >= 0.6 is 0 Å². The number of piperidine rings is 1. The number of hydrogen-bond acceptors (Lipinski definition) is 2. The summed E-state index contributed by atoms with van der Waals surface area (Å²) < 4.78 is 0. The van der Waals surface area contributed by atoms with Gasteiger partial charge >= 0.3 is 0 Å². The third-order valence-electron chi connectivity index (χ3n) is 4.42. The number of likely N-dealkylation sites (tertiary alicyclic amines) is 1. The van der Waals surface area contributed by atoms with Crippen molar-refractivity contribution >= 4 is 5.96 Å². The molecule has 0 spiro atoms. The van der Waals surface area contributed by atoms with Crippen molar-refractivity contribution < 1.29 is 0 Å². The van der Waals surface area contributed by atoms with Crippen molar-refractivity contribution in [3.05, 3.63) is 12.2 Å². The van der Waals surface area contributed by atoms with E-state index in [0.717, 1.165) is 38.1 Å². The molecule has 1 saturated heterocycles. The van der Waals surface area contributed by atoms with E-state index in [0.29, 0.717) is 6.04 Å². The Bertz CT molecular complexity index is 352. The van der Waals surface area contributed by atoms with Crippen LogP contribution in [0.15, 0.2) is 17.1 Å². The minimum atomic E-state index is 0.556. The summed E-state index contributed by atoms with van der Waals surface area (Å²) in [5, 5.41) is 7.03. The van der Waals surface area contributed by atoms with E-state index in [1.54, 1.807) is 0 Å². The first-order valence-corrected chi connectivity index (χ1v) is 8.51. The third-order valence-corrected chi connectivity index (χ3v) is 4.42. The van der Waals surface area contributed by atoms with Crippen LogP contribution in [-0.2, 0) is 0 Å². The van der Waals surface area contributed by atoms with E-state index in [-0.39, 0.29) is 0 Å². The van der Waals surface area contributed by atoms with Crippen molar-refractivity contribution in [2.75, 3.05) is 33.2 Å². The molecule has 0 aromatic heterocycles. The minimum Gasteiger partial charge on any atom is -0.356 e. The lowest BCUT2D eigenvalue weighted by Crippen LogP contribution is -2.49. The summed E-state index contributed by atoms with van der Waals surface area (Å²) >= 11 is 0. The van der Waals surface area contributed by atoms with E-state index >= 15 is 0 Å². The van der Waals surface area contributed by atoms with Gasteiger partial charge in [-0.3, -0.25) is 9.89 Å². The Morgan fingerprint density at radius 2 is 1.95 bits per heavy atom. The summed E-state index contributed by atoms with van der Waals surface area (Å²) in [4.78, 5) is 6.84.